The first-order chi connectivity index (χ1) is 14.9. The van der Waals surface area contributed by atoms with Crippen LogP contribution in [0.5, 0.6) is 5.75 Å². The van der Waals surface area contributed by atoms with Crippen LogP contribution in [0.25, 0.3) is 0 Å². The Balaban J connectivity index is 1.36. The van der Waals surface area contributed by atoms with E-state index in [0.717, 1.165) is 25.2 Å². The molecule has 1 atom stereocenters. The fourth-order valence-electron chi connectivity index (χ4n) is 4.12. The number of nitrogens with one attached hydrogen (secondary N) is 1. The fourth-order valence-corrected chi connectivity index (χ4v) is 4.99. The van der Waals surface area contributed by atoms with E-state index in [2.05, 4.69) is 52.4 Å². The van der Waals surface area contributed by atoms with E-state index < -0.39 is 0 Å². The van der Waals surface area contributed by atoms with Crippen molar-refractivity contribution in [1.82, 2.24) is 14.8 Å². The summed E-state index contributed by atoms with van der Waals surface area (Å²) < 4.78 is 0. The topological polar surface area (TPSA) is 94.7 Å². The van der Waals surface area contributed by atoms with Gasteiger partial charge in [-0.2, -0.15) is 0 Å². The largest absolute Gasteiger partial charge is 0.508 e. The van der Waals surface area contributed by atoms with E-state index in [1.54, 1.807) is 12.1 Å². The summed E-state index contributed by atoms with van der Waals surface area (Å²) in [7, 11) is 4.33. The zero-order chi connectivity index (χ0) is 22.0. The summed E-state index contributed by atoms with van der Waals surface area (Å²) in [6.07, 6.45) is 9.89. The molecule has 7 nitrogen and oxygen atoms in total. The normalized spacial score (nSPS) is 20.1. The molecule has 8 heteroatoms. The number of phenols is 1. The number of nitrogens with two attached hydrogens (primary N) is 1. The number of phenolic OH excluding ortho intramolecular Hbond substituents is 1. The number of aromatic nitrogens is 1. The number of likely N-dealkylation sites (tertiary alicyclic amines) is 1. The molecule has 164 valence electrons. The number of nitrogens with zero attached hydrogens (tertiary/aromatic N) is 3. The van der Waals surface area contributed by atoms with E-state index in [-0.39, 0.29) is 17.4 Å². The van der Waals surface area contributed by atoms with Gasteiger partial charge in [-0.15, -0.1) is 0 Å². The van der Waals surface area contributed by atoms with E-state index in [1.807, 2.05) is 0 Å². The molecule has 0 radical (unpaired) electrons. The second-order valence-corrected chi connectivity index (χ2v) is 9.29. The number of hydrogen-bond donors (Lipinski definition) is 3. The lowest BCUT2D eigenvalue weighted by atomic mass is 9.99. The van der Waals surface area contributed by atoms with Crippen molar-refractivity contribution in [2.24, 2.45) is 0 Å². The molecule has 2 aliphatic rings. The minimum absolute atomic E-state index is 0.118. The molecule has 31 heavy (non-hydrogen) atoms. The van der Waals surface area contributed by atoms with Gasteiger partial charge in [-0.25, -0.2) is 4.98 Å². The number of allylic oxidation sites excluding steroid dienone is 1. The first-order valence-corrected chi connectivity index (χ1v) is 11.4. The first kappa shape index (κ1) is 21.5. The molecule has 1 fully saturated rings. The highest BCUT2D eigenvalue weighted by Crippen LogP contribution is 2.30. The number of aromatic hydroxyl groups is 1. The van der Waals surface area contributed by atoms with Gasteiger partial charge in [0.2, 0.25) is 5.78 Å². The van der Waals surface area contributed by atoms with Crippen molar-refractivity contribution < 1.29 is 9.90 Å². The van der Waals surface area contributed by atoms with E-state index in [9.17, 15) is 9.90 Å². The average molecular weight is 440 g/mol. The average Bonchev–Trinajstić information content (AvgIpc) is 3.14. The van der Waals surface area contributed by atoms with Crippen LogP contribution in [0, 0.1) is 0 Å². The maximum atomic E-state index is 12.7. The molecule has 2 heterocycles. The van der Waals surface area contributed by atoms with Crippen molar-refractivity contribution >= 4 is 28.1 Å². The van der Waals surface area contributed by atoms with Gasteiger partial charge < -0.3 is 21.1 Å². The molecule has 1 aromatic heterocycles. The van der Waals surface area contributed by atoms with Crippen LogP contribution in [0.4, 0.5) is 10.9 Å². The first-order valence-electron chi connectivity index (χ1n) is 10.6. The standard InChI is InChI=1S/C23H29N5O2S/c1-27(2)17-11-13-28(14-12-17)18-7-5-16(6-8-18)25-23-26-22(24)21(31-23)20(30)15-3-9-19(29)10-4-15/h3-7,9-10,17-18,29H,8,11-14,24H2,1-2H3,(H,25,26). The van der Waals surface area contributed by atoms with Gasteiger partial charge in [-0.3, -0.25) is 9.69 Å². The zero-order valence-corrected chi connectivity index (χ0v) is 18.7. The smallest absolute Gasteiger partial charge is 0.206 e. The number of nitrogen functional groups attached to an aromatic ring is 1. The Bertz CT molecular complexity index is 988. The molecule has 1 aliphatic carbocycles. The van der Waals surface area contributed by atoms with Crippen molar-refractivity contribution in [3.8, 4) is 5.75 Å². The number of anilines is 2. The van der Waals surface area contributed by atoms with Gasteiger partial charge >= 0.3 is 0 Å². The van der Waals surface area contributed by atoms with Gasteiger partial charge in [0.25, 0.3) is 0 Å². The summed E-state index contributed by atoms with van der Waals surface area (Å²) in [6, 6.07) is 7.25. The molecule has 4 rings (SSSR count). The van der Waals surface area contributed by atoms with Crippen LogP contribution < -0.4 is 11.1 Å². The van der Waals surface area contributed by atoms with Crippen LogP contribution >= 0.6 is 11.3 Å². The molecule has 4 N–H and O–H groups in total. The summed E-state index contributed by atoms with van der Waals surface area (Å²) in [5.74, 6) is 0.137. The lowest BCUT2D eigenvalue weighted by Crippen LogP contribution is -2.45. The van der Waals surface area contributed by atoms with Crippen LogP contribution in [0.15, 0.2) is 48.2 Å². The number of piperidine rings is 1. The number of hydrogen-bond acceptors (Lipinski definition) is 8. The van der Waals surface area contributed by atoms with E-state index in [0.29, 0.717) is 27.7 Å². The Morgan fingerprint density at radius 3 is 2.58 bits per heavy atom. The molecule has 0 saturated carbocycles. The van der Waals surface area contributed by atoms with Crippen molar-refractivity contribution in [1.29, 1.82) is 0 Å². The monoisotopic (exact) mass is 439 g/mol. The van der Waals surface area contributed by atoms with Crippen LogP contribution in [0.3, 0.4) is 0 Å². The molecule has 0 bridgehead atoms. The Morgan fingerprint density at radius 2 is 1.97 bits per heavy atom. The summed E-state index contributed by atoms with van der Waals surface area (Å²) in [6.45, 7) is 2.25. The molecule has 1 unspecified atom stereocenters. The van der Waals surface area contributed by atoms with Crippen molar-refractivity contribution in [3.63, 3.8) is 0 Å². The van der Waals surface area contributed by atoms with E-state index in [1.165, 1.54) is 36.3 Å². The fraction of sp³-hybridized carbons (Fsp3) is 0.391. The van der Waals surface area contributed by atoms with Crippen molar-refractivity contribution in [2.75, 3.05) is 38.2 Å². The predicted molar refractivity (Wildman–Crippen MR) is 126 cm³/mol. The molecule has 1 aromatic carbocycles. The SMILES string of the molecule is CN(C)C1CCN(C2C=CC(Nc3nc(N)c(C(=O)c4ccc(O)cc4)s3)=CC2)CC1. The van der Waals surface area contributed by atoms with Gasteiger partial charge in [0.1, 0.15) is 16.4 Å². The Morgan fingerprint density at radius 1 is 1.26 bits per heavy atom. The van der Waals surface area contributed by atoms with Gasteiger partial charge in [0, 0.05) is 36.4 Å². The van der Waals surface area contributed by atoms with Gasteiger partial charge in [0.15, 0.2) is 5.13 Å². The molecular formula is C23H29N5O2S. The van der Waals surface area contributed by atoms with Gasteiger partial charge in [0.05, 0.1) is 0 Å². The third kappa shape index (κ3) is 4.98. The molecule has 0 spiro atoms. The molecule has 1 aliphatic heterocycles. The predicted octanol–water partition coefficient (Wildman–Crippen LogP) is 3.31. The maximum absolute atomic E-state index is 12.7. The Kier molecular flexibility index (Phi) is 6.41. The lowest BCUT2D eigenvalue weighted by Gasteiger charge is -2.39. The number of benzene rings is 1. The Labute approximate surface area is 186 Å². The van der Waals surface area contributed by atoms with Crippen molar-refractivity contribution in [3.05, 3.63) is 58.6 Å². The number of rotatable bonds is 6. The zero-order valence-electron chi connectivity index (χ0n) is 17.9. The third-order valence-electron chi connectivity index (χ3n) is 6.02. The number of thiazole rings is 1. The molecule has 0 amide bonds. The second kappa shape index (κ2) is 9.21. The highest BCUT2D eigenvalue weighted by molar-refractivity contribution is 7.18. The summed E-state index contributed by atoms with van der Waals surface area (Å²) in [5, 5.41) is 13.3. The Hall–Kier alpha value is -2.68. The minimum atomic E-state index is -0.197. The molecular weight excluding hydrogens is 410 g/mol. The number of ketones is 1. The second-order valence-electron chi connectivity index (χ2n) is 8.29. The van der Waals surface area contributed by atoms with Crippen molar-refractivity contribution in [2.45, 2.75) is 31.3 Å². The summed E-state index contributed by atoms with van der Waals surface area (Å²) >= 11 is 1.24. The van der Waals surface area contributed by atoms with Gasteiger partial charge in [-0.1, -0.05) is 23.5 Å². The molecule has 1 saturated heterocycles. The van der Waals surface area contributed by atoms with Crippen LogP contribution in [-0.4, -0.2) is 64.9 Å². The summed E-state index contributed by atoms with van der Waals surface area (Å²) in [5.41, 5.74) is 7.45. The van der Waals surface area contributed by atoms with Crippen LogP contribution in [0.2, 0.25) is 0 Å². The third-order valence-corrected chi connectivity index (χ3v) is 7.00. The minimum Gasteiger partial charge on any atom is -0.508 e. The maximum Gasteiger partial charge on any atom is 0.206 e. The van der Waals surface area contributed by atoms with Crippen LogP contribution in [-0.2, 0) is 0 Å². The van der Waals surface area contributed by atoms with E-state index in [4.69, 9.17) is 5.73 Å². The quantitative estimate of drug-likeness (QED) is 0.595. The van der Waals surface area contributed by atoms with Crippen LogP contribution in [0.1, 0.15) is 34.5 Å². The van der Waals surface area contributed by atoms with E-state index >= 15 is 0 Å². The highest BCUT2D eigenvalue weighted by Gasteiger charge is 2.25. The number of carbonyl (C=O) groups is 1. The summed E-state index contributed by atoms with van der Waals surface area (Å²) in [4.78, 5) is 22.3. The van der Waals surface area contributed by atoms with Gasteiger partial charge in [-0.05, 0) is 63.7 Å². The lowest BCUT2D eigenvalue weighted by molar-refractivity contribution is 0.104. The number of carbonyl (C=O) groups excluding carboxylic acids is 1. The highest BCUT2D eigenvalue weighted by atomic mass is 32.1. The molecule has 2 aromatic rings.